The Morgan fingerprint density at radius 2 is 2.14 bits per heavy atom. The molecule has 0 saturated heterocycles. The number of nitrogens with zero attached hydrogens (tertiary/aromatic N) is 1. The summed E-state index contributed by atoms with van der Waals surface area (Å²) in [4.78, 5) is 4.35. The zero-order valence-corrected chi connectivity index (χ0v) is 8.99. The highest BCUT2D eigenvalue weighted by Crippen LogP contribution is 2.29. The molecule has 1 rings (SSSR count). The lowest BCUT2D eigenvalue weighted by Crippen LogP contribution is -2.33. The molecule has 3 heteroatoms. The fourth-order valence-corrected chi connectivity index (χ4v) is 1.24. The highest BCUT2D eigenvalue weighted by Gasteiger charge is 2.27. The van der Waals surface area contributed by atoms with E-state index in [4.69, 9.17) is 5.73 Å². The molecular weight excluding hydrogens is 176 g/mol. The minimum Gasteiger partial charge on any atom is -0.396 e. The Bertz CT molecular complexity index is 310. The van der Waals surface area contributed by atoms with Crippen molar-refractivity contribution in [3.63, 3.8) is 0 Å². The van der Waals surface area contributed by atoms with Crippen LogP contribution in [0.4, 0.5) is 0 Å². The summed E-state index contributed by atoms with van der Waals surface area (Å²) in [6.45, 7) is 5.86. The predicted molar refractivity (Wildman–Crippen MR) is 56.8 cm³/mol. The first kappa shape index (κ1) is 11.1. The first-order valence-corrected chi connectivity index (χ1v) is 4.77. The van der Waals surface area contributed by atoms with Gasteiger partial charge in [-0.05, 0) is 19.1 Å². The van der Waals surface area contributed by atoms with Gasteiger partial charge in [0.15, 0.2) is 0 Å². The minimum atomic E-state index is -0.333. The van der Waals surface area contributed by atoms with Crippen LogP contribution in [0.1, 0.15) is 31.3 Å². The summed E-state index contributed by atoms with van der Waals surface area (Å²) in [7, 11) is 0. The van der Waals surface area contributed by atoms with Crippen molar-refractivity contribution in [2.45, 2.75) is 26.8 Å². The Morgan fingerprint density at radius 1 is 1.50 bits per heavy atom. The van der Waals surface area contributed by atoms with E-state index in [9.17, 15) is 5.11 Å². The van der Waals surface area contributed by atoms with E-state index >= 15 is 0 Å². The van der Waals surface area contributed by atoms with Crippen molar-refractivity contribution >= 4 is 0 Å². The van der Waals surface area contributed by atoms with Crippen molar-refractivity contribution in [2.24, 2.45) is 11.1 Å². The van der Waals surface area contributed by atoms with Gasteiger partial charge in [-0.2, -0.15) is 0 Å². The highest BCUT2D eigenvalue weighted by molar-refractivity contribution is 5.15. The topological polar surface area (TPSA) is 59.1 Å². The molecule has 0 bridgehead atoms. The van der Waals surface area contributed by atoms with Crippen LogP contribution in [0.15, 0.2) is 18.2 Å². The maximum atomic E-state index is 9.19. The van der Waals surface area contributed by atoms with Crippen LogP contribution in [0.3, 0.4) is 0 Å². The molecule has 1 aromatic rings. The van der Waals surface area contributed by atoms with Gasteiger partial charge in [0.2, 0.25) is 0 Å². The van der Waals surface area contributed by atoms with Crippen LogP contribution in [0, 0.1) is 12.3 Å². The number of pyridine rings is 1. The Kier molecular flexibility index (Phi) is 3.24. The summed E-state index contributed by atoms with van der Waals surface area (Å²) < 4.78 is 0. The van der Waals surface area contributed by atoms with E-state index in [0.717, 1.165) is 11.4 Å². The Morgan fingerprint density at radius 3 is 2.64 bits per heavy atom. The standard InChI is InChI=1S/C11H18N2O/c1-8-5-4-6-9(13-8)10(12)11(2,3)7-14/h4-6,10,14H,7,12H2,1-3H3. The Labute approximate surface area is 85.0 Å². The van der Waals surface area contributed by atoms with Gasteiger partial charge >= 0.3 is 0 Å². The molecule has 1 heterocycles. The fourth-order valence-electron chi connectivity index (χ4n) is 1.24. The largest absolute Gasteiger partial charge is 0.396 e. The summed E-state index contributed by atoms with van der Waals surface area (Å²) >= 11 is 0. The molecule has 0 saturated carbocycles. The van der Waals surface area contributed by atoms with Crippen molar-refractivity contribution in [1.29, 1.82) is 0 Å². The van der Waals surface area contributed by atoms with Gasteiger partial charge in [0.25, 0.3) is 0 Å². The fraction of sp³-hybridized carbons (Fsp3) is 0.545. The summed E-state index contributed by atoms with van der Waals surface area (Å²) in [5.74, 6) is 0. The number of aliphatic hydroxyl groups is 1. The maximum absolute atomic E-state index is 9.19. The third kappa shape index (κ3) is 2.30. The normalized spacial score (nSPS) is 14.1. The number of aryl methyl sites for hydroxylation is 1. The number of hydrogen-bond donors (Lipinski definition) is 2. The van der Waals surface area contributed by atoms with E-state index in [2.05, 4.69) is 4.98 Å². The van der Waals surface area contributed by atoms with E-state index in [1.54, 1.807) is 0 Å². The zero-order valence-electron chi connectivity index (χ0n) is 8.99. The van der Waals surface area contributed by atoms with Gasteiger partial charge in [-0.3, -0.25) is 4.98 Å². The second-order valence-corrected chi connectivity index (χ2v) is 4.33. The Hall–Kier alpha value is -0.930. The molecule has 1 atom stereocenters. The van der Waals surface area contributed by atoms with Crippen LogP contribution in [0.5, 0.6) is 0 Å². The molecule has 1 aromatic heterocycles. The molecule has 3 N–H and O–H groups in total. The molecule has 0 aromatic carbocycles. The number of hydrogen-bond acceptors (Lipinski definition) is 3. The van der Waals surface area contributed by atoms with Crippen molar-refractivity contribution in [2.75, 3.05) is 6.61 Å². The lowest BCUT2D eigenvalue weighted by atomic mass is 9.84. The lowest BCUT2D eigenvalue weighted by molar-refractivity contribution is 0.130. The second-order valence-electron chi connectivity index (χ2n) is 4.33. The van der Waals surface area contributed by atoms with E-state index in [1.807, 2.05) is 39.0 Å². The van der Waals surface area contributed by atoms with Gasteiger partial charge in [0.1, 0.15) is 0 Å². The SMILES string of the molecule is Cc1cccc(C(N)C(C)(C)CO)n1. The third-order valence-electron chi connectivity index (χ3n) is 2.48. The summed E-state index contributed by atoms with van der Waals surface area (Å²) in [5.41, 5.74) is 7.48. The van der Waals surface area contributed by atoms with Crippen LogP contribution in [0.25, 0.3) is 0 Å². The summed E-state index contributed by atoms with van der Waals surface area (Å²) in [5, 5.41) is 9.19. The van der Waals surface area contributed by atoms with Gasteiger partial charge in [-0.1, -0.05) is 19.9 Å². The van der Waals surface area contributed by atoms with E-state index in [0.29, 0.717) is 0 Å². The molecule has 0 aliphatic carbocycles. The quantitative estimate of drug-likeness (QED) is 0.764. The predicted octanol–water partition coefficient (Wildman–Crippen LogP) is 1.41. The average Bonchev–Trinajstić information content (AvgIpc) is 2.16. The second kappa shape index (κ2) is 4.07. The van der Waals surface area contributed by atoms with Crippen molar-refractivity contribution in [3.8, 4) is 0 Å². The van der Waals surface area contributed by atoms with Crippen molar-refractivity contribution in [1.82, 2.24) is 4.98 Å². The molecule has 0 aliphatic rings. The molecule has 78 valence electrons. The zero-order chi connectivity index (χ0) is 10.8. The van der Waals surface area contributed by atoms with Gasteiger partial charge in [0.05, 0.1) is 18.3 Å². The minimum absolute atomic E-state index is 0.0593. The molecule has 14 heavy (non-hydrogen) atoms. The number of nitrogens with two attached hydrogens (primary N) is 1. The van der Waals surface area contributed by atoms with Crippen molar-refractivity contribution in [3.05, 3.63) is 29.6 Å². The van der Waals surface area contributed by atoms with Gasteiger partial charge < -0.3 is 10.8 Å². The number of rotatable bonds is 3. The van der Waals surface area contributed by atoms with Crippen LogP contribution in [-0.2, 0) is 0 Å². The third-order valence-corrected chi connectivity index (χ3v) is 2.48. The van der Waals surface area contributed by atoms with Crippen molar-refractivity contribution < 1.29 is 5.11 Å². The van der Waals surface area contributed by atoms with Crippen LogP contribution in [-0.4, -0.2) is 16.7 Å². The smallest absolute Gasteiger partial charge is 0.0580 e. The summed E-state index contributed by atoms with van der Waals surface area (Å²) in [6, 6.07) is 5.54. The monoisotopic (exact) mass is 194 g/mol. The number of aromatic nitrogens is 1. The first-order chi connectivity index (χ1) is 6.47. The Balaban J connectivity index is 2.94. The molecule has 3 nitrogen and oxygen atoms in total. The maximum Gasteiger partial charge on any atom is 0.0580 e. The van der Waals surface area contributed by atoms with E-state index in [1.165, 1.54) is 0 Å². The first-order valence-electron chi connectivity index (χ1n) is 4.77. The molecule has 0 radical (unpaired) electrons. The average molecular weight is 194 g/mol. The van der Waals surface area contributed by atoms with Crippen LogP contribution in [0.2, 0.25) is 0 Å². The van der Waals surface area contributed by atoms with Crippen LogP contribution < -0.4 is 5.73 Å². The van der Waals surface area contributed by atoms with Crippen LogP contribution >= 0.6 is 0 Å². The van der Waals surface area contributed by atoms with Gasteiger partial charge in [-0.15, -0.1) is 0 Å². The van der Waals surface area contributed by atoms with E-state index in [-0.39, 0.29) is 18.1 Å². The molecule has 0 spiro atoms. The van der Waals surface area contributed by atoms with Gasteiger partial charge in [0, 0.05) is 11.1 Å². The molecule has 0 fully saturated rings. The number of aliphatic hydroxyl groups excluding tert-OH is 1. The molecule has 0 aliphatic heterocycles. The molecular formula is C11H18N2O. The molecule has 0 amide bonds. The molecule has 1 unspecified atom stereocenters. The lowest BCUT2D eigenvalue weighted by Gasteiger charge is -2.28. The highest BCUT2D eigenvalue weighted by atomic mass is 16.3. The van der Waals surface area contributed by atoms with E-state index < -0.39 is 0 Å². The van der Waals surface area contributed by atoms with Gasteiger partial charge in [-0.25, -0.2) is 0 Å². The summed E-state index contributed by atoms with van der Waals surface area (Å²) in [6.07, 6.45) is 0.